The summed E-state index contributed by atoms with van der Waals surface area (Å²) < 4.78 is 0. The number of hydrogen-bond acceptors (Lipinski definition) is 1. The molecular formula is C15H26N2S. The van der Waals surface area contributed by atoms with Gasteiger partial charge in [-0.05, 0) is 63.1 Å². The molecule has 0 aromatic rings. The molecule has 0 aromatic heterocycles. The first kappa shape index (κ1) is 12.7. The summed E-state index contributed by atoms with van der Waals surface area (Å²) in [5.74, 6) is 1.91. The molecule has 1 heterocycles. The van der Waals surface area contributed by atoms with Crippen molar-refractivity contribution in [2.24, 2.45) is 11.8 Å². The highest BCUT2D eigenvalue weighted by Gasteiger charge is 2.40. The molecule has 3 rings (SSSR count). The zero-order valence-electron chi connectivity index (χ0n) is 11.5. The van der Waals surface area contributed by atoms with E-state index in [2.05, 4.69) is 17.1 Å². The molecule has 2 bridgehead atoms. The summed E-state index contributed by atoms with van der Waals surface area (Å²) >= 11 is 5.68. The maximum atomic E-state index is 5.68. The zero-order chi connectivity index (χ0) is 12.5. The van der Waals surface area contributed by atoms with Crippen LogP contribution in [0.5, 0.6) is 0 Å². The first-order valence-electron chi connectivity index (χ1n) is 7.81. The lowest BCUT2D eigenvalue weighted by Gasteiger charge is -2.33. The molecule has 102 valence electrons. The molecular weight excluding hydrogens is 240 g/mol. The molecule has 1 saturated heterocycles. The lowest BCUT2D eigenvalue weighted by molar-refractivity contribution is 0.313. The summed E-state index contributed by atoms with van der Waals surface area (Å²) in [5.41, 5.74) is 0. The standard InChI is InChI=1S/C15H26N2S/c1-11-5-3-2-4-8-17(11)15(18)16-14-10-12-6-7-13(14)9-12/h11-14H,2-10H2,1H3,(H,16,18). The van der Waals surface area contributed by atoms with Crippen molar-refractivity contribution >= 4 is 17.3 Å². The number of nitrogens with one attached hydrogen (secondary N) is 1. The monoisotopic (exact) mass is 266 g/mol. The maximum absolute atomic E-state index is 5.68. The number of thiocarbonyl (C=S) groups is 1. The Morgan fingerprint density at radius 2 is 2.00 bits per heavy atom. The van der Waals surface area contributed by atoms with E-state index in [4.69, 9.17) is 12.2 Å². The number of nitrogens with zero attached hydrogens (tertiary/aromatic N) is 1. The fraction of sp³-hybridized carbons (Fsp3) is 0.933. The van der Waals surface area contributed by atoms with Crippen molar-refractivity contribution in [2.75, 3.05) is 6.54 Å². The summed E-state index contributed by atoms with van der Waals surface area (Å²) in [6.07, 6.45) is 11.1. The van der Waals surface area contributed by atoms with Gasteiger partial charge < -0.3 is 10.2 Å². The van der Waals surface area contributed by atoms with Gasteiger partial charge in [0.15, 0.2) is 5.11 Å². The van der Waals surface area contributed by atoms with Crippen molar-refractivity contribution in [1.82, 2.24) is 10.2 Å². The van der Waals surface area contributed by atoms with E-state index in [9.17, 15) is 0 Å². The molecule has 0 spiro atoms. The molecule has 3 heteroatoms. The van der Waals surface area contributed by atoms with E-state index < -0.39 is 0 Å². The third-order valence-corrected chi connectivity index (χ3v) is 5.71. The molecule has 2 saturated carbocycles. The molecule has 0 amide bonds. The van der Waals surface area contributed by atoms with E-state index in [-0.39, 0.29) is 0 Å². The van der Waals surface area contributed by atoms with Crippen LogP contribution in [0.1, 0.15) is 58.3 Å². The van der Waals surface area contributed by atoms with Crippen molar-refractivity contribution in [2.45, 2.75) is 70.4 Å². The topological polar surface area (TPSA) is 15.3 Å². The minimum atomic E-state index is 0.631. The first-order chi connectivity index (χ1) is 8.74. The molecule has 4 unspecified atom stereocenters. The Balaban J connectivity index is 1.57. The second-order valence-electron chi connectivity index (χ2n) is 6.62. The van der Waals surface area contributed by atoms with Gasteiger partial charge in [-0.2, -0.15) is 0 Å². The third kappa shape index (κ3) is 2.52. The van der Waals surface area contributed by atoms with Crippen molar-refractivity contribution in [3.05, 3.63) is 0 Å². The van der Waals surface area contributed by atoms with Crippen molar-refractivity contribution in [1.29, 1.82) is 0 Å². The van der Waals surface area contributed by atoms with Gasteiger partial charge in [0, 0.05) is 18.6 Å². The lowest BCUT2D eigenvalue weighted by atomic mass is 9.95. The fourth-order valence-corrected chi connectivity index (χ4v) is 4.66. The molecule has 4 atom stereocenters. The summed E-state index contributed by atoms with van der Waals surface area (Å²) in [6, 6.07) is 1.32. The maximum Gasteiger partial charge on any atom is 0.169 e. The molecule has 0 aromatic carbocycles. The van der Waals surface area contributed by atoms with Crippen molar-refractivity contribution < 1.29 is 0 Å². The zero-order valence-corrected chi connectivity index (χ0v) is 12.3. The van der Waals surface area contributed by atoms with Crippen LogP contribution in [0.3, 0.4) is 0 Å². The molecule has 3 aliphatic rings. The van der Waals surface area contributed by atoms with Gasteiger partial charge >= 0.3 is 0 Å². The highest BCUT2D eigenvalue weighted by molar-refractivity contribution is 7.80. The average Bonchev–Trinajstić information content (AvgIpc) is 2.88. The molecule has 3 fully saturated rings. The highest BCUT2D eigenvalue weighted by atomic mass is 32.1. The Labute approximate surface area is 116 Å². The van der Waals surface area contributed by atoms with E-state index in [0.717, 1.165) is 23.5 Å². The predicted octanol–water partition coefficient (Wildman–Crippen LogP) is 3.31. The van der Waals surface area contributed by atoms with Crippen LogP contribution in [0.2, 0.25) is 0 Å². The molecule has 2 aliphatic carbocycles. The second kappa shape index (κ2) is 5.36. The number of rotatable bonds is 1. The Morgan fingerprint density at radius 1 is 1.11 bits per heavy atom. The van der Waals surface area contributed by atoms with Crippen LogP contribution in [0.15, 0.2) is 0 Å². The van der Waals surface area contributed by atoms with E-state index in [1.807, 2.05) is 0 Å². The normalized spacial score (nSPS) is 39.7. The molecule has 0 radical (unpaired) electrons. The summed E-state index contributed by atoms with van der Waals surface area (Å²) in [6.45, 7) is 3.49. The first-order valence-corrected chi connectivity index (χ1v) is 8.22. The SMILES string of the molecule is CC1CCCCCN1C(=S)NC1CC2CCC1C2. The summed E-state index contributed by atoms with van der Waals surface area (Å²) in [7, 11) is 0. The Hall–Kier alpha value is -0.310. The van der Waals surface area contributed by atoms with Crippen LogP contribution >= 0.6 is 12.2 Å². The van der Waals surface area contributed by atoms with Crippen LogP contribution in [-0.4, -0.2) is 28.6 Å². The number of fused-ring (bicyclic) bond motifs is 2. The van der Waals surface area contributed by atoms with E-state index in [1.165, 1.54) is 51.4 Å². The van der Waals surface area contributed by atoms with Crippen LogP contribution in [0.25, 0.3) is 0 Å². The lowest BCUT2D eigenvalue weighted by Crippen LogP contribution is -2.49. The number of hydrogen-bond donors (Lipinski definition) is 1. The van der Waals surface area contributed by atoms with E-state index in [1.54, 1.807) is 0 Å². The van der Waals surface area contributed by atoms with Gasteiger partial charge in [-0.1, -0.05) is 19.3 Å². The molecule has 1 aliphatic heterocycles. The van der Waals surface area contributed by atoms with Gasteiger partial charge in [0.25, 0.3) is 0 Å². The largest absolute Gasteiger partial charge is 0.360 e. The average molecular weight is 266 g/mol. The van der Waals surface area contributed by atoms with Gasteiger partial charge in [0.1, 0.15) is 0 Å². The van der Waals surface area contributed by atoms with Crippen LogP contribution < -0.4 is 5.32 Å². The minimum Gasteiger partial charge on any atom is -0.360 e. The van der Waals surface area contributed by atoms with Gasteiger partial charge in [-0.15, -0.1) is 0 Å². The smallest absolute Gasteiger partial charge is 0.169 e. The van der Waals surface area contributed by atoms with Crippen molar-refractivity contribution in [3.63, 3.8) is 0 Å². The Kier molecular flexibility index (Phi) is 3.78. The Morgan fingerprint density at radius 3 is 2.72 bits per heavy atom. The number of likely N-dealkylation sites (tertiary alicyclic amines) is 1. The van der Waals surface area contributed by atoms with Gasteiger partial charge in [0.2, 0.25) is 0 Å². The second-order valence-corrected chi connectivity index (χ2v) is 7.01. The summed E-state index contributed by atoms with van der Waals surface area (Å²) in [5, 5.41) is 4.74. The van der Waals surface area contributed by atoms with Crippen molar-refractivity contribution in [3.8, 4) is 0 Å². The van der Waals surface area contributed by atoms with Crippen LogP contribution in [-0.2, 0) is 0 Å². The van der Waals surface area contributed by atoms with Gasteiger partial charge in [-0.3, -0.25) is 0 Å². The third-order valence-electron chi connectivity index (χ3n) is 5.36. The van der Waals surface area contributed by atoms with Crippen LogP contribution in [0.4, 0.5) is 0 Å². The van der Waals surface area contributed by atoms with E-state index in [0.29, 0.717) is 12.1 Å². The van der Waals surface area contributed by atoms with Gasteiger partial charge in [0.05, 0.1) is 0 Å². The van der Waals surface area contributed by atoms with Gasteiger partial charge in [-0.25, -0.2) is 0 Å². The molecule has 18 heavy (non-hydrogen) atoms. The molecule has 1 N–H and O–H groups in total. The Bertz CT molecular complexity index is 318. The summed E-state index contributed by atoms with van der Waals surface area (Å²) in [4.78, 5) is 2.45. The minimum absolute atomic E-state index is 0.631. The van der Waals surface area contributed by atoms with E-state index >= 15 is 0 Å². The quantitative estimate of drug-likeness (QED) is 0.733. The predicted molar refractivity (Wildman–Crippen MR) is 79.6 cm³/mol. The fourth-order valence-electron chi connectivity index (χ4n) is 4.24. The highest BCUT2D eigenvalue weighted by Crippen LogP contribution is 2.44. The molecule has 2 nitrogen and oxygen atoms in total. The van der Waals surface area contributed by atoms with Crippen LogP contribution in [0, 0.1) is 11.8 Å².